The van der Waals surface area contributed by atoms with Crippen LogP contribution in [0.1, 0.15) is 72.6 Å². The minimum Gasteiger partial charge on any atom is -0.453 e. The number of aromatic nitrogens is 6. The summed E-state index contributed by atoms with van der Waals surface area (Å²) in [6, 6.07) is 15.8. The first-order valence-electron chi connectivity index (χ1n) is 18.3. The van der Waals surface area contributed by atoms with Crippen LogP contribution in [0.3, 0.4) is 0 Å². The van der Waals surface area contributed by atoms with Gasteiger partial charge in [0, 0.05) is 25.5 Å². The molecular weight excluding hydrogens is 737 g/mol. The van der Waals surface area contributed by atoms with Crippen LogP contribution >= 0.6 is 11.3 Å². The molecule has 2 fully saturated rings. The molecule has 0 bridgehead atoms. The lowest BCUT2D eigenvalue weighted by molar-refractivity contribution is -0.135. The van der Waals surface area contributed by atoms with Gasteiger partial charge in [-0.3, -0.25) is 14.0 Å². The first-order valence-corrected chi connectivity index (χ1v) is 19.1. The molecule has 1 unspecified atom stereocenters. The van der Waals surface area contributed by atoms with Gasteiger partial charge in [-0.05, 0) is 36.8 Å². The predicted octanol–water partition coefficient (Wildman–Crippen LogP) is 5.70. The number of benzene rings is 2. The third-order valence-corrected chi connectivity index (χ3v) is 11.3. The summed E-state index contributed by atoms with van der Waals surface area (Å²) in [5.41, 5.74) is 3.54. The number of amides is 4. The second-order valence-electron chi connectivity index (χ2n) is 13.6. The van der Waals surface area contributed by atoms with Crippen molar-refractivity contribution in [3.8, 4) is 22.0 Å². The molecule has 2 aromatic carbocycles. The highest BCUT2D eigenvalue weighted by Gasteiger charge is 2.38. The Bertz CT molecular complexity index is 2160. The van der Waals surface area contributed by atoms with Gasteiger partial charge in [0.05, 0.1) is 55.0 Å². The van der Waals surface area contributed by atoms with Gasteiger partial charge < -0.3 is 39.9 Å². The largest absolute Gasteiger partial charge is 0.453 e. The number of H-pyrrole nitrogens is 2. The van der Waals surface area contributed by atoms with Gasteiger partial charge >= 0.3 is 12.2 Å². The third kappa shape index (κ3) is 7.20. The summed E-state index contributed by atoms with van der Waals surface area (Å²) < 4.78 is 11.6. The average Bonchev–Trinajstić information content (AvgIpc) is 4.08. The second-order valence-corrected chi connectivity index (χ2v) is 14.6. The first kappa shape index (κ1) is 36.5. The number of nitrogens with zero attached hydrogens (tertiary/aromatic N) is 6. The van der Waals surface area contributed by atoms with E-state index in [2.05, 4.69) is 30.6 Å². The summed E-state index contributed by atoms with van der Waals surface area (Å²) in [7, 11) is 2.54. The zero-order valence-corrected chi connectivity index (χ0v) is 31.5. The number of fused-ring (bicyclic) bond motifs is 1. The number of methoxy groups -OCH3 is 2. The molecule has 0 saturated carbocycles. The highest BCUT2D eigenvalue weighted by atomic mass is 32.1. The van der Waals surface area contributed by atoms with E-state index < -0.39 is 24.3 Å². The molecular formula is C39H40N10O6S. The van der Waals surface area contributed by atoms with E-state index in [-0.39, 0.29) is 23.9 Å². The van der Waals surface area contributed by atoms with Crippen LogP contribution in [0.15, 0.2) is 85.5 Å². The summed E-state index contributed by atoms with van der Waals surface area (Å²) in [6.07, 6.45) is 9.06. The summed E-state index contributed by atoms with van der Waals surface area (Å²) >= 11 is 1.49. The Kier molecular flexibility index (Phi) is 10.2. The molecule has 16 nitrogen and oxygen atoms in total. The van der Waals surface area contributed by atoms with Gasteiger partial charge in [0.2, 0.25) is 0 Å². The van der Waals surface area contributed by atoms with Gasteiger partial charge in [0.15, 0.2) is 4.96 Å². The lowest BCUT2D eigenvalue weighted by Crippen LogP contribution is -2.42. The Morgan fingerprint density at radius 1 is 0.732 bits per heavy atom. The molecule has 288 valence electrons. The lowest BCUT2D eigenvalue weighted by atomic mass is 10.1. The molecule has 2 aliphatic rings. The Balaban J connectivity index is 0.970. The molecule has 0 radical (unpaired) electrons. The second kappa shape index (κ2) is 15.7. The molecule has 56 heavy (non-hydrogen) atoms. The molecule has 6 heterocycles. The van der Waals surface area contributed by atoms with Crippen LogP contribution < -0.4 is 10.6 Å². The van der Waals surface area contributed by atoms with Crippen LogP contribution in [-0.4, -0.2) is 90.4 Å². The highest BCUT2D eigenvalue weighted by molar-refractivity contribution is 7.20. The standard InChI is InChI=1S/C39H40N10O6S/c1-54-38(52)45-31(23-11-5-3-6-12-23)35(50)48-17-9-15-28(48)33-40-19-25(42-33)27-21-47-22-30(56-37(47)44-27)26-20-41-34(43-26)29-16-10-18-49(29)36(51)32(46-39(53)55-2)24-13-7-4-8-14-24/h3-8,11-14,19-22,28-29,31-32H,9-10,15-18H2,1-2H3,(H,40,42)(H,41,43)(H,45,52)(H,46,53)/t28-,29?,31+,32+/m0/s1. The van der Waals surface area contributed by atoms with Crippen molar-refractivity contribution in [3.63, 3.8) is 0 Å². The molecule has 0 aliphatic carbocycles. The Morgan fingerprint density at radius 2 is 1.23 bits per heavy atom. The van der Waals surface area contributed by atoms with Crippen LogP contribution in [0.4, 0.5) is 9.59 Å². The number of carbonyl (C=O) groups is 4. The van der Waals surface area contributed by atoms with Crippen LogP contribution in [-0.2, 0) is 19.1 Å². The Morgan fingerprint density at radius 3 is 1.73 bits per heavy atom. The average molecular weight is 777 g/mol. The molecule has 17 heteroatoms. The topological polar surface area (TPSA) is 192 Å². The molecule has 8 rings (SSSR count). The number of hydrogen-bond donors (Lipinski definition) is 4. The van der Waals surface area contributed by atoms with E-state index in [0.717, 1.165) is 41.2 Å². The number of aromatic amines is 2. The number of imidazole rings is 3. The van der Waals surface area contributed by atoms with Gasteiger partial charge in [0.25, 0.3) is 11.8 Å². The maximum absolute atomic E-state index is 13.9. The van der Waals surface area contributed by atoms with Gasteiger partial charge in [-0.2, -0.15) is 0 Å². The van der Waals surface area contributed by atoms with E-state index in [1.165, 1.54) is 25.6 Å². The van der Waals surface area contributed by atoms with Crippen molar-refractivity contribution < 1.29 is 28.7 Å². The fraction of sp³-hybridized carbons (Fsp3) is 0.308. The van der Waals surface area contributed by atoms with Crippen LogP contribution in [0.2, 0.25) is 0 Å². The van der Waals surface area contributed by atoms with Crippen molar-refractivity contribution in [1.29, 1.82) is 0 Å². The SMILES string of the molecule is COC(=O)N[C@@H](C(=O)N1CCCC1c1ncc(-c2cn3cc(-c4cnc([C@@H]5CCCN5C(=O)[C@H](NC(=O)OC)c5ccccc5)[nH]4)nc3s2)[nH]1)c1ccccc1. The zero-order chi connectivity index (χ0) is 38.8. The third-order valence-electron chi connectivity index (χ3n) is 10.2. The maximum Gasteiger partial charge on any atom is 0.407 e. The fourth-order valence-corrected chi connectivity index (χ4v) is 8.43. The number of likely N-dealkylation sites (tertiary alicyclic amines) is 2. The molecule has 4 N–H and O–H groups in total. The van der Waals surface area contributed by atoms with Crippen LogP contribution in [0.5, 0.6) is 0 Å². The summed E-state index contributed by atoms with van der Waals surface area (Å²) in [5, 5.41) is 5.40. The highest BCUT2D eigenvalue weighted by Crippen LogP contribution is 2.37. The van der Waals surface area contributed by atoms with E-state index in [1.54, 1.807) is 46.5 Å². The van der Waals surface area contributed by atoms with Crippen molar-refractivity contribution >= 4 is 40.3 Å². The van der Waals surface area contributed by atoms with Crippen LogP contribution in [0, 0.1) is 0 Å². The number of thiazole rings is 1. The number of nitrogens with one attached hydrogen (secondary N) is 4. The molecule has 2 aliphatic heterocycles. The van der Waals surface area contributed by atoms with E-state index in [4.69, 9.17) is 14.5 Å². The molecule has 4 amide bonds. The molecule has 0 spiro atoms. The molecule has 6 aromatic rings. The first-order chi connectivity index (χ1) is 27.3. The maximum atomic E-state index is 13.9. The monoisotopic (exact) mass is 776 g/mol. The lowest BCUT2D eigenvalue weighted by Gasteiger charge is -2.28. The summed E-state index contributed by atoms with van der Waals surface area (Å²) in [4.78, 5) is 78.5. The Labute approximate surface area is 325 Å². The predicted molar refractivity (Wildman–Crippen MR) is 205 cm³/mol. The van der Waals surface area contributed by atoms with E-state index >= 15 is 0 Å². The number of carbonyl (C=O) groups excluding carboxylic acids is 4. The van der Waals surface area contributed by atoms with Crippen molar-refractivity contribution in [2.24, 2.45) is 0 Å². The number of alkyl carbamates (subject to hydrolysis) is 2. The summed E-state index contributed by atoms with van der Waals surface area (Å²) in [5.74, 6) is 0.847. The molecule has 2 saturated heterocycles. The molecule has 4 aromatic heterocycles. The smallest absolute Gasteiger partial charge is 0.407 e. The van der Waals surface area contributed by atoms with E-state index in [0.29, 0.717) is 47.3 Å². The van der Waals surface area contributed by atoms with Crippen molar-refractivity contribution in [3.05, 3.63) is 108 Å². The van der Waals surface area contributed by atoms with Gasteiger partial charge in [-0.1, -0.05) is 72.0 Å². The van der Waals surface area contributed by atoms with Crippen molar-refractivity contribution in [2.75, 3.05) is 27.3 Å². The normalized spacial score (nSPS) is 17.8. The van der Waals surface area contributed by atoms with Gasteiger partial charge in [-0.15, -0.1) is 0 Å². The minimum absolute atomic E-state index is 0.231. The van der Waals surface area contributed by atoms with Crippen molar-refractivity contribution in [2.45, 2.75) is 49.9 Å². The van der Waals surface area contributed by atoms with Crippen molar-refractivity contribution in [1.82, 2.24) is 49.8 Å². The number of rotatable bonds is 10. The fourth-order valence-electron chi connectivity index (χ4n) is 7.50. The number of hydrogen-bond acceptors (Lipinski definition) is 10. The van der Waals surface area contributed by atoms with Gasteiger partial charge in [-0.25, -0.2) is 24.5 Å². The van der Waals surface area contributed by atoms with E-state index in [9.17, 15) is 19.2 Å². The zero-order valence-electron chi connectivity index (χ0n) is 30.7. The van der Waals surface area contributed by atoms with Crippen LogP contribution in [0.25, 0.3) is 26.9 Å². The molecule has 4 atom stereocenters. The van der Waals surface area contributed by atoms with E-state index in [1.807, 2.05) is 53.2 Å². The minimum atomic E-state index is -0.902. The van der Waals surface area contributed by atoms with Gasteiger partial charge in [0.1, 0.15) is 29.4 Å². The quantitative estimate of drug-likeness (QED) is 0.135. The Hall–Kier alpha value is -6.49. The summed E-state index contributed by atoms with van der Waals surface area (Å²) in [6.45, 7) is 1.06. The number of ether oxygens (including phenoxy) is 2.